The number of furan rings is 1. The number of rotatable bonds is 4. The summed E-state index contributed by atoms with van der Waals surface area (Å²) in [5.41, 5.74) is 3.12. The number of halogens is 1. The smallest absolute Gasteiger partial charge is 0.417 e. The van der Waals surface area contributed by atoms with Crippen molar-refractivity contribution in [3.63, 3.8) is 0 Å². The van der Waals surface area contributed by atoms with Gasteiger partial charge >= 0.3 is 5.76 Å². The molecule has 2 aromatic heterocycles. The summed E-state index contributed by atoms with van der Waals surface area (Å²) >= 11 is 0. The predicted molar refractivity (Wildman–Crippen MR) is 112 cm³/mol. The van der Waals surface area contributed by atoms with Crippen molar-refractivity contribution >= 4 is 11.1 Å². The monoisotopic (exact) mass is 407 g/mol. The lowest BCUT2D eigenvalue weighted by Gasteiger charge is -2.40. The van der Waals surface area contributed by atoms with Crippen molar-refractivity contribution in [2.45, 2.75) is 12.6 Å². The normalized spacial score (nSPS) is 18.3. The van der Waals surface area contributed by atoms with Gasteiger partial charge in [-0.3, -0.25) is 9.88 Å². The molecular formula is C23H22FN3O3. The maximum atomic E-state index is 13.4. The number of oxazole rings is 1. The van der Waals surface area contributed by atoms with Gasteiger partial charge in [0.25, 0.3) is 0 Å². The fourth-order valence-electron chi connectivity index (χ4n) is 4.06. The fourth-order valence-corrected chi connectivity index (χ4v) is 4.06. The first-order valence-electron chi connectivity index (χ1n) is 9.95. The van der Waals surface area contributed by atoms with E-state index < -0.39 is 5.76 Å². The Morgan fingerprint density at radius 1 is 1.07 bits per heavy atom. The van der Waals surface area contributed by atoms with Crippen molar-refractivity contribution in [3.05, 3.63) is 82.3 Å². The van der Waals surface area contributed by atoms with Crippen LogP contribution in [0.3, 0.4) is 0 Å². The predicted octanol–water partition coefficient (Wildman–Crippen LogP) is 4.01. The number of hydrogen-bond donors (Lipinski definition) is 1. The number of piperazine rings is 1. The van der Waals surface area contributed by atoms with Crippen LogP contribution in [0.4, 0.5) is 4.39 Å². The van der Waals surface area contributed by atoms with E-state index in [0.29, 0.717) is 17.6 Å². The van der Waals surface area contributed by atoms with E-state index in [4.69, 9.17) is 8.83 Å². The van der Waals surface area contributed by atoms with E-state index in [2.05, 4.69) is 21.8 Å². The third kappa shape index (κ3) is 3.69. The second kappa shape index (κ2) is 7.59. The molecule has 30 heavy (non-hydrogen) atoms. The Bertz CT molecular complexity index is 1220. The van der Waals surface area contributed by atoms with Crippen molar-refractivity contribution in [1.82, 2.24) is 14.8 Å². The van der Waals surface area contributed by atoms with Gasteiger partial charge in [0.1, 0.15) is 17.3 Å². The number of H-pyrrole nitrogens is 1. The molecule has 1 saturated heterocycles. The molecule has 0 unspecified atom stereocenters. The highest BCUT2D eigenvalue weighted by molar-refractivity contribution is 5.78. The molecule has 154 valence electrons. The zero-order chi connectivity index (χ0) is 20.7. The number of nitrogens with one attached hydrogen (secondary N) is 1. The standard InChI is InChI=1S/C23H22FN3O3/c1-26-10-11-27(20(14-26)15-2-5-17(24)6-3-15)13-18-7-9-21(29-18)16-4-8-19-22(12-16)30-23(28)25-19/h2-9,12,20H,10-11,13-14H2,1H3,(H,25,28)/t20-/m1/s1. The van der Waals surface area contributed by atoms with E-state index in [1.165, 1.54) is 12.1 Å². The molecule has 1 N–H and O–H groups in total. The Morgan fingerprint density at radius 2 is 1.90 bits per heavy atom. The van der Waals surface area contributed by atoms with E-state index in [1.807, 2.05) is 36.4 Å². The molecule has 0 saturated carbocycles. The number of aromatic nitrogens is 1. The van der Waals surface area contributed by atoms with Gasteiger partial charge in [-0.1, -0.05) is 12.1 Å². The van der Waals surface area contributed by atoms with E-state index in [-0.39, 0.29) is 11.9 Å². The molecule has 1 aliphatic heterocycles. The molecule has 5 rings (SSSR count). The lowest BCUT2D eigenvalue weighted by atomic mass is 10.0. The average molecular weight is 407 g/mol. The Balaban J connectivity index is 1.38. The zero-order valence-electron chi connectivity index (χ0n) is 16.6. The van der Waals surface area contributed by atoms with Crippen LogP contribution in [0.2, 0.25) is 0 Å². The quantitative estimate of drug-likeness (QED) is 0.554. The van der Waals surface area contributed by atoms with Crippen LogP contribution >= 0.6 is 0 Å². The number of hydrogen-bond acceptors (Lipinski definition) is 5. The van der Waals surface area contributed by atoms with Gasteiger partial charge in [-0.25, -0.2) is 9.18 Å². The SMILES string of the molecule is CN1CCN(Cc2ccc(-c3ccc4[nH]c(=O)oc4c3)o2)[C@@H](c2ccc(F)cc2)C1. The van der Waals surface area contributed by atoms with Crippen LogP contribution in [0.1, 0.15) is 17.4 Å². The molecule has 0 radical (unpaired) electrons. The highest BCUT2D eigenvalue weighted by Gasteiger charge is 2.27. The van der Waals surface area contributed by atoms with Crippen molar-refractivity contribution < 1.29 is 13.2 Å². The number of likely N-dealkylation sites (N-methyl/N-ethyl adjacent to an activating group) is 1. The van der Waals surface area contributed by atoms with Crippen LogP contribution in [0, 0.1) is 5.82 Å². The van der Waals surface area contributed by atoms with Gasteiger partial charge in [0.15, 0.2) is 5.58 Å². The Morgan fingerprint density at radius 3 is 2.73 bits per heavy atom. The summed E-state index contributed by atoms with van der Waals surface area (Å²) in [6.45, 7) is 3.41. The van der Waals surface area contributed by atoms with Crippen LogP contribution in [-0.2, 0) is 6.54 Å². The molecule has 7 heteroatoms. The van der Waals surface area contributed by atoms with Gasteiger partial charge in [-0.15, -0.1) is 0 Å². The van der Waals surface area contributed by atoms with Crippen molar-refractivity contribution in [1.29, 1.82) is 0 Å². The summed E-state index contributed by atoms with van der Waals surface area (Å²) in [6, 6.07) is 16.3. The molecule has 6 nitrogen and oxygen atoms in total. The minimum Gasteiger partial charge on any atom is -0.460 e. The molecule has 1 aliphatic rings. The van der Waals surface area contributed by atoms with Crippen molar-refractivity contribution in [2.24, 2.45) is 0 Å². The van der Waals surface area contributed by atoms with Gasteiger partial charge in [-0.2, -0.15) is 0 Å². The molecule has 0 aliphatic carbocycles. The molecule has 1 fully saturated rings. The maximum Gasteiger partial charge on any atom is 0.417 e. The first-order valence-corrected chi connectivity index (χ1v) is 9.95. The molecule has 0 amide bonds. The van der Waals surface area contributed by atoms with Gasteiger partial charge in [0.05, 0.1) is 12.1 Å². The van der Waals surface area contributed by atoms with Crippen LogP contribution in [-0.4, -0.2) is 41.5 Å². The van der Waals surface area contributed by atoms with E-state index in [9.17, 15) is 9.18 Å². The first-order chi connectivity index (χ1) is 14.5. The van der Waals surface area contributed by atoms with Crippen LogP contribution in [0.5, 0.6) is 0 Å². The minimum absolute atomic E-state index is 0.170. The molecular weight excluding hydrogens is 385 g/mol. The molecule has 4 aromatic rings. The topological polar surface area (TPSA) is 65.6 Å². The number of nitrogens with zero attached hydrogens (tertiary/aromatic N) is 2. The number of aromatic amines is 1. The number of fused-ring (bicyclic) bond motifs is 1. The van der Waals surface area contributed by atoms with Crippen LogP contribution < -0.4 is 5.76 Å². The molecule has 2 aromatic carbocycles. The van der Waals surface area contributed by atoms with Crippen LogP contribution in [0.15, 0.2) is 68.2 Å². The minimum atomic E-state index is -0.468. The third-order valence-corrected chi connectivity index (χ3v) is 5.68. The summed E-state index contributed by atoms with van der Waals surface area (Å²) in [5.74, 6) is 0.894. The summed E-state index contributed by atoms with van der Waals surface area (Å²) in [4.78, 5) is 18.7. The molecule has 0 bridgehead atoms. The summed E-state index contributed by atoms with van der Waals surface area (Å²) in [5, 5.41) is 0. The van der Waals surface area contributed by atoms with Gasteiger partial charge in [0, 0.05) is 31.2 Å². The molecule has 1 atom stereocenters. The lowest BCUT2D eigenvalue weighted by Crippen LogP contribution is -2.46. The second-order valence-corrected chi connectivity index (χ2v) is 7.79. The summed E-state index contributed by atoms with van der Waals surface area (Å²) in [7, 11) is 2.11. The van der Waals surface area contributed by atoms with Crippen molar-refractivity contribution in [3.8, 4) is 11.3 Å². The Labute approximate surface area is 172 Å². The summed E-state index contributed by atoms with van der Waals surface area (Å²) < 4.78 is 24.6. The highest BCUT2D eigenvalue weighted by atomic mass is 19.1. The van der Waals surface area contributed by atoms with Gasteiger partial charge in [0.2, 0.25) is 0 Å². The van der Waals surface area contributed by atoms with E-state index in [1.54, 1.807) is 6.07 Å². The Hall–Kier alpha value is -3.16. The molecule has 0 spiro atoms. The average Bonchev–Trinajstić information content (AvgIpc) is 3.35. The molecule has 3 heterocycles. The number of benzene rings is 2. The van der Waals surface area contributed by atoms with Gasteiger partial charge in [-0.05, 0) is 55.1 Å². The van der Waals surface area contributed by atoms with Gasteiger partial charge < -0.3 is 13.7 Å². The van der Waals surface area contributed by atoms with Crippen LogP contribution in [0.25, 0.3) is 22.4 Å². The second-order valence-electron chi connectivity index (χ2n) is 7.79. The first kappa shape index (κ1) is 18.8. The fraction of sp³-hybridized carbons (Fsp3) is 0.261. The Kier molecular flexibility index (Phi) is 4.77. The largest absolute Gasteiger partial charge is 0.460 e. The van der Waals surface area contributed by atoms with E-state index >= 15 is 0 Å². The van der Waals surface area contributed by atoms with Crippen molar-refractivity contribution in [2.75, 3.05) is 26.7 Å². The van der Waals surface area contributed by atoms with E-state index in [0.717, 1.165) is 42.3 Å². The zero-order valence-corrected chi connectivity index (χ0v) is 16.6. The summed E-state index contributed by atoms with van der Waals surface area (Å²) in [6.07, 6.45) is 0. The third-order valence-electron chi connectivity index (χ3n) is 5.68. The highest BCUT2D eigenvalue weighted by Crippen LogP contribution is 2.30. The lowest BCUT2D eigenvalue weighted by molar-refractivity contribution is 0.0774. The maximum absolute atomic E-state index is 13.4.